The van der Waals surface area contributed by atoms with Gasteiger partial charge in [-0.3, -0.25) is 0 Å². The van der Waals surface area contributed by atoms with Crippen molar-refractivity contribution in [3.05, 3.63) is 53.2 Å². The first-order chi connectivity index (χ1) is 10.1. The highest BCUT2D eigenvalue weighted by Gasteiger charge is 2.22. The lowest BCUT2D eigenvalue weighted by Crippen LogP contribution is -2.14. The summed E-state index contributed by atoms with van der Waals surface area (Å²) < 4.78 is 7.13. The van der Waals surface area contributed by atoms with Crippen molar-refractivity contribution in [1.29, 1.82) is 0 Å². The van der Waals surface area contributed by atoms with Gasteiger partial charge >= 0.3 is 5.97 Å². The first-order valence-electron chi connectivity index (χ1n) is 7.31. The second-order valence-corrected chi connectivity index (χ2v) is 4.96. The lowest BCUT2D eigenvalue weighted by atomic mass is 10.1. The minimum atomic E-state index is -0.305. The Balaban J connectivity index is 2.46. The van der Waals surface area contributed by atoms with Crippen LogP contribution in [-0.2, 0) is 11.2 Å². The fourth-order valence-corrected chi connectivity index (χ4v) is 2.67. The minimum absolute atomic E-state index is 0.0735. The average molecular weight is 286 g/mol. The van der Waals surface area contributed by atoms with Crippen LogP contribution in [0.1, 0.15) is 48.4 Å². The van der Waals surface area contributed by atoms with Crippen LogP contribution in [0, 0.1) is 0 Å². The Bertz CT molecular complexity index is 617. The first-order valence-corrected chi connectivity index (χ1v) is 7.31. The van der Waals surface area contributed by atoms with E-state index in [-0.39, 0.29) is 12.0 Å². The first kappa shape index (κ1) is 15.2. The van der Waals surface area contributed by atoms with Crippen LogP contribution in [0.4, 0.5) is 5.82 Å². The molecule has 0 saturated heterocycles. The van der Waals surface area contributed by atoms with Crippen molar-refractivity contribution in [2.45, 2.75) is 33.2 Å². The number of esters is 1. The van der Waals surface area contributed by atoms with E-state index >= 15 is 0 Å². The smallest absolute Gasteiger partial charge is 0.340 e. The molecule has 0 unspecified atom stereocenters. The summed E-state index contributed by atoms with van der Waals surface area (Å²) in [6.07, 6.45) is 0.725. The van der Waals surface area contributed by atoms with Crippen LogP contribution in [0.15, 0.2) is 36.4 Å². The molecular formula is C17H22N2O2. The number of carbonyl (C=O) groups excluding carboxylic acids is 1. The lowest BCUT2D eigenvalue weighted by Gasteiger charge is -2.19. The minimum Gasteiger partial charge on any atom is -0.462 e. The predicted octanol–water partition coefficient (Wildman–Crippen LogP) is 3.42. The molecule has 2 aromatic rings. The third-order valence-corrected chi connectivity index (χ3v) is 3.67. The van der Waals surface area contributed by atoms with Gasteiger partial charge in [-0.05, 0) is 31.9 Å². The monoisotopic (exact) mass is 286 g/mol. The quantitative estimate of drug-likeness (QED) is 0.857. The maximum Gasteiger partial charge on any atom is 0.340 e. The van der Waals surface area contributed by atoms with Crippen molar-refractivity contribution in [2.24, 2.45) is 0 Å². The number of carbonyl (C=O) groups is 1. The van der Waals surface area contributed by atoms with Gasteiger partial charge in [0.25, 0.3) is 0 Å². The van der Waals surface area contributed by atoms with Crippen molar-refractivity contribution in [3.8, 4) is 0 Å². The zero-order valence-electron chi connectivity index (χ0n) is 12.8. The van der Waals surface area contributed by atoms with Crippen molar-refractivity contribution in [3.63, 3.8) is 0 Å². The summed E-state index contributed by atoms with van der Waals surface area (Å²) in [5.74, 6) is 0.284. The van der Waals surface area contributed by atoms with E-state index in [1.807, 2.05) is 29.7 Å². The second kappa shape index (κ2) is 6.48. The highest BCUT2D eigenvalue weighted by Crippen LogP contribution is 2.28. The van der Waals surface area contributed by atoms with Crippen LogP contribution < -0.4 is 5.73 Å². The Morgan fingerprint density at radius 1 is 1.29 bits per heavy atom. The molecule has 112 valence electrons. The zero-order chi connectivity index (χ0) is 15.4. The molecule has 4 heteroatoms. The number of nitrogen functional groups attached to an aromatic ring is 1. The highest BCUT2D eigenvalue weighted by atomic mass is 16.5. The molecule has 0 spiro atoms. The van der Waals surface area contributed by atoms with E-state index in [1.54, 1.807) is 13.0 Å². The maximum absolute atomic E-state index is 12.1. The van der Waals surface area contributed by atoms with Gasteiger partial charge in [-0.15, -0.1) is 0 Å². The summed E-state index contributed by atoms with van der Waals surface area (Å²) in [5.41, 5.74) is 8.79. The van der Waals surface area contributed by atoms with Crippen LogP contribution in [0.5, 0.6) is 0 Å². The highest BCUT2D eigenvalue weighted by molar-refractivity contribution is 5.92. The number of anilines is 1. The maximum atomic E-state index is 12.1. The standard InChI is InChI=1S/C17H22N2O2/c1-4-15-14(17(20)21-5-2)11-16(18)19(15)12(3)13-9-7-6-8-10-13/h6-12H,4-5,18H2,1-3H3/t12-/m1/s1. The van der Waals surface area contributed by atoms with Gasteiger partial charge in [0.2, 0.25) is 0 Å². The number of rotatable bonds is 5. The fourth-order valence-electron chi connectivity index (χ4n) is 2.67. The summed E-state index contributed by atoms with van der Waals surface area (Å²) >= 11 is 0. The number of ether oxygens (including phenoxy) is 1. The molecule has 1 atom stereocenters. The van der Waals surface area contributed by atoms with E-state index < -0.39 is 0 Å². The molecule has 0 aliphatic heterocycles. The van der Waals surface area contributed by atoms with E-state index in [1.165, 1.54) is 0 Å². The van der Waals surface area contributed by atoms with E-state index in [9.17, 15) is 4.79 Å². The van der Waals surface area contributed by atoms with Gasteiger partial charge in [-0.1, -0.05) is 37.3 Å². The van der Waals surface area contributed by atoms with Crippen LogP contribution in [-0.4, -0.2) is 17.1 Å². The Kier molecular flexibility index (Phi) is 4.68. The number of aromatic nitrogens is 1. The molecule has 2 rings (SSSR count). The van der Waals surface area contributed by atoms with Crippen LogP contribution in [0.3, 0.4) is 0 Å². The molecule has 1 aromatic heterocycles. The summed E-state index contributed by atoms with van der Waals surface area (Å²) in [7, 11) is 0. The Labute approximate surface area is 125 Å². The van der Waals surface area contributed by atoms with E-state index in [4.69, 9.17) is 10.5 Å². The third kappa shape index (κ3) is 2.94. The molecular weight excluding hydrogens is 264 g/mol. The predicted molar refractivity (Wildman–Crippen MR) is 84.4 cm³/mol. The van der Waals surface area contributed by atoms with Gasteiger partial charge in [-0.25, -0.2) is 4.79 Å². The summed E-state index contributed by atoms with van der Waals surface area (Å²) in [4.78, 5) is 12.1. The second-order valence-electron chi connectivity index (χ2n) is 4.96. The van der Waals surface area contributed by atoms with Gasteiger partial charge in [0.05, 0.1) is 18.2 Å². The molecule has 0 amide bonds. The molecule has 0 saturated carbocycles. The topological polar surface area (TPSA) is 57.2 Å². The van der Waals surface area contributed by atoms with Crippen molar-refractivity contribution >= 4 is 11.8 Å². The van der Waals surface area contributed by atoms with Gasteiger partial charge in [0.1, 0.15) is 5.82 Å². The molecule has 0 bridgehead atoms. The normalized spacial score (nSPS) is 12.1. The molecule has 1 heterocycles. The van der Waals surface area contributed by atoms with Gasteiger partial charge in [0, 0.05) is 5.69 Å². The average Bonchev–Trinajstić information content (AvgIpc) is 2.84. The van der Waals surface area contributed by atoms with E-state index in [0.717, 1.165) is 17.7 Å². The molecule has 0 fully saturated rings. The Morgan fingerprint density at radius 3 is 2.52 bits per heavy atom. The molecule has 0 radical (unpaired) electrons. The number of nitrogens with zero attached hydrogens (tertiary/aromatic N) is 1. The summed E-state index contributed by atoms with van der Waals surface area (Å²) in [5, 5.41) is 0. The number of benzene rings is 1. The summed E-state index contributed by atoms with van der Waals surface area (Å²) in [6, 6.07) is 11.9. The Hall–Kier alpha value is -2.23. The summed E-state index contributed by atoms with van der Waals surface area (Å²) in [6.45, 7) is 6.27. The third-order valence-electron chi connectivity index (χ3n) is 3.67. The van der Waals surface area contributed by atoms with Crippen LogP contribution >= 0.6 is 0 Å². The number of hydrogen-bond donors (Lipinski definition) is 1. The lowest BCUT2D eigenvalue weighted by molar-refractivity contribution is 0.0525. The molecule has 0 aliphatic carbocycles. The van der Waals surface area contributed by atoms with Gasteiger partial charge in [-0.2, -0.15) is 0 Å². The van der Waals surface area contributed by atoms with E-state index in [2.05, 4.69) is 19.1 Å². The zero-order valence-corrected chi connectivity index (χ0v) is 12.8. The van der Waals surface area contributed by atoms with Crippen LogP contribution in [0.25, 0.3) is 0 Å². The molecule has 21 heavy (non-hydrogen) atoms. The largest absolute Gasteiger partial charge is 0.462 e. The van der Waals surface area contributed by atoms with Crippen molar-refractivity contribution in [1.82, 2.24) is 4.57 Å². The molecule has 4 nitrogen and oxygen atoms in total. The van der Waals surface area contributed by atoms with Crippen molar-refractivity contribution < 1.29 is 9.53 Å². The molecule has 1 aromatic carbocycles. The molecule has 0 aliphatic rings. The van der Waals surface area contributed by atoms with E-state index in [0.29, 0.717) is 18.0 Å². The van der Waals surface area contributed by atoms with Gasteiger partial charge in [0.15, 0.2) is 0 Å². The van der Waals surface area contributed by atoms with Gasteiger partial charge < -0.3 is 15.0 Å². The SMILES string of the molecule is CCOC(=O)c1cc(N)n([C@H](C)c2ccccc2)c1CC. The fraction of sp³-hybridized carbons (Fsp3) is 0.353. The number of hydrogen-bond acceptors (Lipinski definition) is 3. The number of nitrogens with two attached hydrogens (primary N) is 1. The van der Waals surface area contributed by atoms with Crippen molar-refractivity contribution in [2.75, 3.05) is 12.3 Å². The Morgan fingerprint density at radius 2 is 1.95 bits per heavy atom. The molecule has 2 N–H and O–H groups in total. The van der Waals surface area contributed by atoms with Crippen LogP contribution in [0.2, 0.25) is 0 Å².